The Morgan fingerprint density at radius 1 is 1.32 bits per heavy atom. The normalized spacial score (nSPS) is 17.6. The summed E-state index contributed by atoms with van der Waals surface area (Å²) < 4.78 is 7.03. The molecule has 2 heterocycles. The summed E-state index contributed by atoms with van der Waals surface area (Å²) >= 11 is 0. The predicted molar refractivity (Wildman–Crippen MR) is 91.3 cm³/mol. The Morgan fingerprint density at radius 2 is 2.08 bits per heavy atom. The maximum atomic E-state index is 12.9. The zero-order valence-electron chi connectivity index (χ0n) is 14.5. The number of carbonyl (C=O) groups is 2. The number of hydrogen-bond acceptors (Lipinski definition) is 4. The summed E-state index contributed by atoms with van der Waals surface area (Å²) in [6.07, 6.45) is 3.60. The van der Waals surface area contributed by atoms with Gasteiger partial charge in [0.25, 0.3) is 0 Å². The number of benzene rings is 1. The van der Waals surface area contributed by atoms with Gasteiger partial charge in [-0.3, -0.25) is 14.3 Å². The summed E-state index contributed by atoms with van der Waals surface area (Å²) in [4.78, 5) is 28.4. The summed E-state index contributed by atoms with van der Waals surface area (Å²) in [5.41, 5.74) is 1.93. The van der Waals surface area contributed by atoms with Gasteiger partial charge in [-0.1, -0.05) is 30.3 Å². The molecular weight excluding hydrogens is 320 g/mol. The van der Waals surface area contributed by atoms with Crippen LogP contribution >= 0.6 is 0 Å². The number of hydrogen-bond donors (Lipinski definition) is 0. The average molecular weight is 342 g/mol. The van der Waals surface area contributed by atoms with E-state index in [2.05, 4.69) is 5.10 Å². The van der Waals surface area contributed by atoms with Crippen LogP contribution in [0.25, 0.3) is 0 Å². The van der Waals surface area contributed by atoms with E-state index in [1.54, 1.807) is 27.7 Å². The van der Waals surface area contributed by atoms with Gasteiger partial charge >= 0.3 is 0 Å². The fourth-order valence-electron chi connectivity index (χ4n) is 2.95. The van der Waals surface area contributed by atoms with Gasteiger partial charge in [0.05, 0.1) is 12.8 Å². The van der Waals surface area contributed by atoms with Crippen molar-refractivity contribution >= 4 is 11.8 Å². The maximum absolute atomic E-state index is 12.9. The maximum Gasteiger partial charge on any atom is 0.249 e. The van der Waals surface area contributed by atoms with E-state index in [0.29, 0.717) is 13.1 Å². The molecule has 0 N–H and O–H groups in total. The van der Waals surface area contributed by atoms with E-state index in [0.717, 1.165) is 11.1 Å². The minimum absolute atomic E-state index is 0.0168. The largest absolute Gasteiger partial charge is 0.369 e. The van der Waals surface area contributed by atoms with Gasteiger partial charge < -0.3 is 14.5 Å². The smallest absolute Gasteiger partial charge is 0.249 e. The lowest BCUT2D eigenvalue weighted by molar-refractivity contribution is -0.159. The second-order valence-corrected chi connectivity index (χ2v) is 6.25. The van der Waals surface area contributed by atoms with Gasteiger partial charge in [-0.05, 0) is 5.56 Å². The van der Waals surface area contributed by atoms with Crippen LogP contribution in [0.3, 0.4) is 0 Å². The molecule has 2 amide bonds. The molecule has 1 aliphatic heterocycles. The van der Waals surface area contributed by atoms with Crippen molar-refractivity contribution < 1.29 is 14.3 Å². The predicted octanol–water partition coefficient (Wildman–Crippen LogP) is 0.806. The SMILES string of the molecule is CN(Cc1cnn(C)c1)C(=O)[C@@H]1COCC(=O)N1Cc1ccccc1. The van der Waals surface area contributed by atoms with Gasteiger partial charge in [0.15, 0.2) is 0 Å². The van der Waals surface area contributed by atoms with Crippen molar-refractivity contribution in [1.82, 2.24) is 19.6 Å². The fraction of sp³-hybridized carbons (Fsp3) is 0.389. The Morgan fingerprint density at radius 3 is 2.76 bits per heavy atom. The van der Waals surface area contributed by atoms with Crippen LogP contribution in [-0.2, 0) is 34.5 Å². The number of carbonyl (C=O) groups excluding carboxylic acids is 2. The van der Waals surface area contributed by atoms with Crippen molar-refractivity contribution in [1.29, 1.82) is 0 Å². The third kappa shape index (κ3) is 4.06. The van der Waals surface area contributed by atoms with E-state index in [4.69, 9.17) is 4.74 Å². The first-order chi connectivity index (χ1) is 12.0. The van der Waals surface area contributed by atoms with E-state index in [9.17, 15) is 9.59 Å². The number of likely N-dealkylation sites (N-methyl/N-ethyl adjacent to an activating group) is 1. The fourth-order valence-corrected chi connectivity index (χ4v) is 2.95. The molecule has 0 bridgehead atoms. The van der Waals surface area contributed by atoms with Crippen molar-refractivity contribution in [3.63, 3.8) is 0 Å². The average Bonchev–Trinajstić information content (AvgIpc) is 3.02. The van der Waals surface area contributed by atoms with Gasteiger partial charge in [0, 0.05) is 38.9 Å². The molecule has 25 heavy (non-hydrogen) atoms. The van der Waals surface area contributed by atoms with Gasteiger partial charge in [-0.2, -0.15) is 5.10 Å². The van der Waals surface area contributed by atoms with E-state index in [1.165, 1.54) is 0 Å². The molecule has 1 atom stereocenters. The van der Waals surface area contributed by atoms with Crippen molar-refractivity contribution in [2.75, 3.05) is 20.3 Å². The highest BCUT2D eigenvalue weighted by Gasteiger charge is 2.35. The van der Waals surface area contributed by atoms with Crippen LogP contribution in [0.2, 0.25) is 0 Å². The van der Waals surface area contributed by atoms with Gasteiger partial charge in [-0.15, -0.1) is 0 Å². The number of aryl methyl sites for hydroxylation is 1. The highest BCUT2D eigenvalue weighted by atomic mass is 16.5. The van der Waals surface area contributed by atoms with Crippen molar-refractivity contribution in [2.45, 2.75) is 19.1 Å². The zero-order valence-corrected chi connectivity index (χ0v) is 14.5. The van der Waals surface area contributed by atoms with Gasteiger partial charge in [0.2, 0.25) is 11.8 Å². The van der Waals surface area contributed by atoms with E-state index < -0.39 is 6.04 Å². The second kappa shape index (κ2) is 7.48. The molecule has 3 rings (SSSR count). The van der Waals surface area contributed by atoms with Crippen molar-refractivity contribution in [2.24, 2.45) is 7.05 Å². The first-order valence-electron chi connectivity index (χ1n) is 8.18. The quantitative estimate of drug-likeness (QED) is 0.806. The number of rotatable bonds is 5. The van der Waals surface area contributed by atoms with Crippen LogP contribution in [0.15, 0.2) is 42.7 Å². The minimum atomic E-state index is -0.608. The number of ether oxygens (including phenoxy) is 1. The summed E-state index contributed by atoms with van der Waals surface area (Å²) in [6.45, 7) is 1.08. The standard InChI is InChI=1S/C18H22N4O3/c1-20(9-15-8-19-21(2)10-15)18(24)16-12-25-13-17(23)22(16)11-14-6-4-3-5-7-14/h3-8,10,16H,9,11-13H2,1-2H3/t16-/m0/s1. The minimum Gasteiger partial charge on any atom is -0.369 e. The molecule has 132 valence electrons. The molecule has 0 radical (unpaired) electrons. The molecule has 1 fully saturated rings. The Hall–Kier alpha value is -2.67. The first-order valence-corrected chi connectivity index (χ1v) is 8.18. The third-order valence-electron chi connectivity index (χ3n) is 4.23. The first kappa shape index (κ1) is 17.2. The Labute approximate surface area is 146 Å². The summed E-state index contributed by atoms with van der Waals surface area (Å²) in [7, 11) is 3.57. The van der Waals surface area contributed by atoms with E-state index in [1.807, 2.05) is 43.6 Å². The Kier molecular flexibility index (Phi) is 5.14. The molecule has 1 aromatic carbocycles. The topological polar surface area (TPSA) is 67.7 Å². The van der Waals surface area contributed by atoms with Crippen LogP contribution in [0.4, 0.5) is 0 Å². The molecule has 0 unspecified atom stereocenters. The van der Waals surface area contributed by atoms with Crippen molar-refractivity contribution in [3.8, 4) is 0 Å². The molecule has 7 nitrogen and oxygen atoms in total. The zero-order chi connectivity index (χ0) is 17.8. The molecule has 2 aromatic rings. The number of morpholine rings is 1. The summed E-state index contributed by atoms with van der Waals surface area (Å²) in [6, 6.07) is 9.06. The Bertz CT molecular complexity index is 744. The van der Waals surface area contributed by atoms with Crippen LogP contribution in [0.1, 0.15) is 11.1 Å². The number of amides is 2. The third-order valence-corrected chi connectivity index (χ3v) is 4.23. The summed E-state index contributed by atoms with van der Waals surface area (Å²) in [5, 5.41) is 4.11. The van der Waals surface area contributed by atoms with Crippen molar-refractivity contribution in [3.05, 3.63) is 53.9 Å². The van der Waals surface area contributed by atoms with Crippen LogP contribution in [0.5, 0.6) is 0 Å². The molecule has 7 heteroatoms. The van der Waals surface area contributed by atoms with E-state index >= 15 is 0 Å². The molecule has 1 aromatic heterocycles. The van der Waals surface area contributed by atoms with E-state index in [-0.39, 0.29) is 25.0 Å². The highest BCUT2D eigenvalue weighted by Crippen LogP contribution is 2.16. The van der Waals surface area contributed by atoms with Crippen LogP contribution < -0.4 is 0 Å². The van der Waals surface area contributed by atoms with Gasteiger partial charge in [0.1, 0.15) is 12.6 Å². The lowest BCUT2D eigenvalue weighted by Gasteiger charge is -2.36. The molecule has 0 saturated carbocycles. The van der Waals surface area contributed by atoms with Crippen LogP contribution in [-0.4, -0.2) is 57.7 Å². The number of aromatic nitrogens is 2. The number of nitrogens with zero attached hydrogens (tertiary/aromatic N) is 4. The molecule has 0 aliphatic carbocycles. The van der Waals surface area contributed by atoms with Gasteiger partial charge in [-0.25, -0.2) is 0 Å². The highest BCUT2D eigenvalue weighted by molar-refractivity contribution is 5.89. The Balaban J connectivity index is 1.72. The lowest BCUT2D eigenvalue weighted by Crippen LogP contribution is -2.56. The molecule has 1 aliphatic rings. The molecular formula is C18H22N4O3. The summed E-state index contributed by atoms with van der Waals surface area (Å²) in [5.74, 6) is -0.295. The second-order valence-electron chi connectivity index (χ2n) is 6.25. The lowest BCUT2D eigenvalue weighted by atomic mass is 10.1. The molecule has 0 spiro atoms. The molecule has 1 saturated heterocycles. The monoisotopic (exact) mass is 342 g/mol. The van der Waals surface area contributed by atoms with Crippen LogP contribution in [0, 0.1) is 0 Å².